The highest BCUT2D eigenvalue weighted by Gasteiger charge is 2.23. The number of nitrogens with zero attached hydrogens (tertiary/aromatic N) is 3. The van der Waals surface area contributed by atoms with Crippen molar-refractivity contribution in [1.82, 2.24) is 14.4 Å². The van der Waals surface area contributed by atoms with Crippen LogP contribution in [0.5, 0.6) is 11.5 Å². The number of rotatable bonds is 4. The Balaban J connectivity index is 2.17. The first kappa shape index (κ1) is 15.6. The number of halogens is 1. The number of benzene rings is 2. The average molecular weight is 354 g/mol. The fourth-order valence-electron chi connectivity index (χ4n) is 2.13. The van der Waals surface area contributed by atoms with Crippen LogP contribution in [0.3, 0.4) is 0 Å². The normalized spacial score (nSPS) is 11.6. The van der Waals surface area contributed by atoms with E-state index in [0.717, 1.165) is 4.09 Å². The minimum atomic E-state index is -3.93. The Morgan fingerprint density at radius 2 is 1.78 bits per heavy atom. The average Bonchev–Trinajstić information content (AvgIpc) is 2.97. The molecule has 0 amide bonds. The molecule has 0 atom stereocenters. The molecule has 0 aliphatic carbocycles. The van der Waals surface area contributed by atoms with Gasteiger partial charge in [-0.05, 0) is 30.3 Å². The van der Waals surface area contributed by atoms with Crippen LogP contribution >= 0.6 is 11.6 Å². The lowest BCUT2D eigenvalue weighted by molar-refractivity contribution is 0.354. The Labute approximate surface area is 137 Å². The summed E-state index contributed by atoms with van der Waals surface area (Å²) in [5, 5.41) is 8.02. The fraction of sp³-hybridized carbons (Fsp3) is 0.143. The van der Waals surface area contributed by atoms with Crippen molar-refractivity contribution < 1.29 is 17.9 Å². The summed E-state index contributed by atoms with van der Waals surface area (Å²) in [4.78, 5) is 0.0110. The first-order valence-electron chi connectivity index (χ1n) is 6.46. The van der Waals surface area contributed by atoms with Crippen LogP contribution in [0.2, 0.25) is 5.02 Å². The summed E-state index contributed by atoms with van der Waals surface area (Å²) in [6.07, 6.45) is 0. The predicted molar refractivity (Wildman–Crippen MR) is 84.7 cm³/mol. The van der Waals surface area contributed by atoms with Gasteiger partial charge in [-0.25, -0.2) is 0 Å². The Hall–Kier alpha value is -2.32. The van der Waals surface area contributed by atoms with Crippen molar-refractivity contribution in [2.45, 2.75) is 4.90 Å². The van der Waals surface area contributed by atoms with Gasteiger partial charge in [0.25, 0.3) is 10.0 Å². The highest BCUT2D eigenvalue weighted by molar-refractivity contribution is 7.90. The molecule has 0 radical (unpaired) electrons. The van der Waals surface area contributed by atoms with E-state index in [4.69, 9.17) is 21.1 Å². The number of aromatic nitrogens is 3. The molecule has 1 heterocycles. The molecule has 0 spiro atoms. The Morgan fingerprint density at radius 1 is 1.04 bits per heavy atom. The van der Waals surface area contributed by atoms with Crippen molar-refractivity contribution in [3.8, 4) is 11.5 Å². The molecule has 0 fully saturated rings. The maximum absolute atomic E-state index is 12.8. The van der Waals surface area contributed by atoms with Gasteiger partial charge in [-0.15, -0.1) is 9.19 Å². The quantitative estimate of drug-likeness (QED) is 0.716. The summed E-state index contributed by atoms with van der Waals surface area (Å²) in [7, 11) is -1.02. The van der Waals surface area contributed by atoms with Gasteiger partial charge in [0, 0.05) is 11.1 Å². The highest BCUT2D eigenvalue weighted by atomic mass is 35.5. The maximum atomic E-state index is 12.8. The third-order valence-corrected chi connectivity index (χ3v) is 5.07. The van der Waals surface area contributed by atoms with Gasteiger partial charge in [0.05, 0.1) is 19.1 Å². The van der Waals surface area contributed by atoms with Crippen molar-refractivity contribution in [3.63, 3.8) is 0 Å². The van der Waals surface area contributed by atoms with E-state index in [1.54, 1.807) is 18.2 Å². The van der Waals surface area contributed by atoms with E-state index in [1.807, 2.05) is 0 Å². The lowest BCUT2D eigenvalue weighted by Gasteiger charge is -2.10. The monoisotopic (exact) mass is 353 g/mol. The summed E-state index contributed by atoms with van der Waals surface area (Å²) in [5.74, 6) is 0.739. The minimum Gasteiger partial charge on any atom is -0.493 e. The molecule has 7 nitrogen and oxygen atoms in total. The van der Waals surface area contributed by atoms with Gasteiger partial charge < -0.3 is 9.47 Å². The second kappa shape index (κ2) is 5.71. The molecule has 1 aromatic heterocycles. The molecule has 0 saturated carbocycles. The molecule has 0 aliphatic rings. The maximum Gasteiger partial charge on any atom is 0.285 e. The van der Waals surface area contributed by atoms with E-state index in [-0.39, 0.29) is 4.90 Å². The summed E-state index contributed by atoms with van der Waals surface area (Å²) in [6.45, 7) is 0. The number of methoxy groups -OCH3 is 2. The fourth-order valence-corrected chi connectivity index (χ4v) is 3.54. The van der Waals surface area contributed by atoms with Crippen LogP contribution in [0.25, 0.3) is 11.0 Å². The van der Waals surface area contributed by atoms with Crippen molar-refractivity contribution in [1.29, 1.82) is 0 Å². The summed E-state index contributed by atoms with van der Waals surface area (Å²) in [6, 6.07) is 8.98. The van der Waals surface area contributed by atoms with Crippen LogP contribution in [-0.2, 0) is 10.0 Å². The zero-order valence-corrected chi connectivity index (χ0v) is 13.8. The summed E-state index contributed by atoms with van der Waals surface area (Å²) in [5.41, 5.74) is 0.728. The number of hydrogen-bond acceptors (Lipinski definition) is 6. The number of fused-ring (bicyclic) bond motifs is 1. The van der Waals surface area contributed by atoms with Crippen LogP contribution in [0.4, 0.5) is 0 Å². The van der Waals surface area contributed by atoms with Crippen molar-refractivity contribution >= 4 is 32.7 Å². The van der Waals surface area contributed by atoms with Gasteiger partial charge in [0.2, 0.25) is 0 Å². The molecule has 0 bridgehead atoms. The van der Waals surface area contributed by atoms with Gasteiger partial charge in [-0.3, -0.25) is 0 Å². The van der Waals surface area contributed by atoms with Crippen LogP contribution in [-0.4, -0.2) is 37.0 Å². The van der Waals surface area contributed by atoms with Gasteiger partial charge in [0.15, 0.2) is 11.5 Å². The van der Waals surface area contributed by atoms with Crippen LogP contribution in [0.1, 0.15) is 0 Å². The van der Waals surface area contributed by atoms with Crippen molar-refractivity contribution in [3.05, 3.63) is 41.4 Å². The molecule has 9 heteroatoms. The van der Waals surface area contributed by atoms with Crippen LogP contribution in [0.15, 0.2) is 41.3 Å². The third-order valence-electron chi connectivity index (χ3n) is 3.26. The summed E-state index contributed by atoms with van der Waals surface area (Å²) >= 11 is 5.88. The highest BCUT2D eigenvalue weighted by Crippen LogP contribution is 2.30. The molecule has 0 saturated heterocycles. The van der Waals surface area contributed by atoms with E-state index >= 15 is 0 Å². The predicted octanol–water partition coefficient (Wildman–Crippen LogP) is 2.34. The zero-order chi connectivity index (χ0) is 16.6. The van der Waals surface area contributed by atoms with E-state index in [0.29, 0.717) is 27.6 Å². The van der Waals surface area contributed by atoms with Gasteiger partial charge >= 0.3 is 0 Å². The smallest absolute Gasteiger partial charge is 0.285 e. The van der Waals surface area contributed by atoms with E-state index in [9.17, 15) is 8.42 Å². The molecule has 23 heavy (non-hydrogen) atoms. The first-order valence-corrected chi connectivity index (χ1v) is 8.28. The van der Waals surface area contributed by atoms with Gasteiger partial charge in [-0.2, -0.15) is 8.42 Å². The van der Waals surface area contributed by atoms with E-state index in [1.165, 1.54) is 32.4 Å². The molecule has 0 aliphatic heterocycles. The molecule has 0 N–H and O–H groups in total. The molecule has 2 aromatic carbocycles. The van der Waals surface area contributed by atoms with Crippen LogP contribution < -0.4 is 9.47 Å². The Morgan fingerprint density at radius 3 is 2.48 bits per heavy atom. The van der Waals surface area contributed by atoms with Gasteiger partial charge in [0.1, 0.15) is 11.0 Å². The number of hydrogen-bond donors (Lipinski definition) is 0. The molecule has 0 unspecified atom stereocenters. The zero-order valence-electron chi connectivity index (χ0n) is 12.2. The molecular weight excluding hydrogens is 342 g/mol. The van der Waals surface area contributed by atoms with Crippen molar-refractivity contribution in [2.75, 3.05) is 14.2 Å². The van der Waals surface area contributed by atoms with Gasteiger partial charge in [-0.1, -0.05) is 16.8 Å². The first-order chi connectivity index (χ1) is 11.0. The second-order valence-corrected chi connectivity index (χ2v) is 6.79. The number of ether oxygens (including phenoxy) is 2. The largest absolute Gasteiger partial charge is 0.493 e. The molecule has 120 valence electrons. The Kier molecular flexibility index (Phi) is 3.87. The molecule has 3 rings (SSSR count). The minimum absolute atomic E-state index is 0.0110. The molecular formula is C14H12ClN3O4S. The topological polar surface area (TPSA) is 83.3 Å². The second-order valence-electron chi connectivity index (χ2n) is 4.59. The van der Waals surface area contributed by atoms with Crippen LogP contribution in [0, 0.1) is 0 Å². The summed E-state index contributed by atoms with van der Waals surface area (Å²) < 4.78 is 36.7. The lowest BCUT2D eigenvalue weighted by Crippen LogP contribution is -2.14. The molecule has 3 aromatic rings. The van der Waals surface area contributed by atoms with E-state index in [2.05, 4.69) is 10.3 Å². The van der Waals surface area contributed by atoms with Crippen molar-refractivity contribution in [2.24, 2.45) is 0 Å². The lowest BCUT2D eigenvalue weighted by atomic mass is 10.3. The van der Waals surface area contributed by atoms with E-state index < -0.39 is 10.0 Å². The standard InChI is InChI=1S/C14H12ClN3O4S/c1-21-13-6-4-10(8-14(13)22-2)23(19,20)18-12-5-3-9(15)7-11(12)16-17-18/h3-8H,1-2H3. The Bertz CT molecular complexity index is 985. The third kappa shape index (κ3) is 2.60. The SMILES string of the molecule is COc1ccc(S(=O)(=O)n2nnc3cc(Cl)ccc32)cc1OC.